The van der Waals surface area contributed by atoms with E-state index in [1.54, 1.807) is 5.57 Å². The number of carbonyl (C=O) groups excluding carboxylic acids is 1. The van der Waals surface area contributed by atoms with E-state index in [1.165, 1.54) is 23.3 Å². The molecular weight excluding hydrogens is 306 g/mol. The average Bonchev–Trinajstić information content (AvgIpc) is 3.23. The molecule has 1 N–H and O–H groups in total. The van der Waals surface area contributed by atoms with E-state index in [0.29, 0.717) is 17.6 Å². The first-order chi connectivity index (χ1) is 12.0. The molecule has 4 atom stereocenters. The summed E-state index contributed by atoms with van der Waals surface area (Å²) in [4.78, 5) is 15.8. The second-order valence-electron chi connectivity index (χ2n) is 8.94. The predicted molar refractivity (Wildman–Crippen MR) is 101 cm³/mol. The van der Waals surface area contributed by atoms with Gasteiger partial charge in [0.1, 0.15) is 5.78 Å². The second-order valence-corrected chi connectivity index (χ2v) is 8.94. The molecule has 2 nitrogen and oxygen atoms in total. The van der Waals surface area contributed by atoms with Crippen molar-refractivity contribution in [3.05, 3.63) is 53.4 Å². The van der Waals surface area contributed by atoms with Gasteiger partial charge in [-0.1, -0.05) is 37.6 Å². The van der Waals surface area contributed by atoms with Crippen molar-refractivity contribution in [3.8, 4) is 0 Å². The fourth-order valence-electron chi connectivity index (χ4n) is 6.16. The molecule has 1 heterocycles. The maximum Gasteiger partial charge on any atom is 0.139 e. The molecule has 0 radical (unpaired) electrons. The van der Waals surface area contributed by atoms with E-state index in [4.69, 9.17) is 0 Å². The van der Waals surface area contributed by atoms with Gasteiger partial charge in [0.25, 0.3) is 0 Å². The number of allylic oxidation sites excluding steroid dienone is 6. The van der Waals surface area contributed by atoms with Crippen molar-refractivity contribution in [1.29, 1.82) is 0 Å². The van der Waals surface area contributed by atoms with E-state index in [0.717, 1.165) is 32.1 Å². The largest absolute Gasteiger partial charge is 0.361 e. The van der Waals surface area contributed by atoms with Gasteiger partial charge < -0.3 is 4.98 Å². The smallest absolute Gasteiger partial charge is 0.139 e. The highest BCUT2D eigenvalue weighted by Gasteiger charge is 2.54. The van der Waals surface area contributed by atoms with E-state index in [-0.39, 0.29) is 10.8 Å². The number of carbonyl (C=O) groups is 1. The third kappa shape index (κ3) is 2.00. The normalized spacial score (nSPS) is 39.8. The Balaban J connectivity index is 1.55. The summed E-state index contributed by atoms with van der Waals surface area (Å²) in [5.74, 6) is 1.65. The minimum atomic E-state index is -0.0875. The Morgan fingerprint density at radius 2 is 2.08 bits per heavy atom. The minimum Gasteiger partial charge on any atom is -0.361 e. The number of H-pyrrole nitrogens is 1. The lowest BCUT2D eigenvalue weighted by Gasteiger charge is -2.51. The molecule has 0 unspecified atom stereocenters. The predicted octanol–water partition coefficient (Wildman–Crippen LogP) is 5.46. The second kappa shape index (κ2) is 5.09. The molecule has 0 aromatic carbocycles. The van der Waals surface area contributed by atoms with Crippen LogP contribution in [0.4, 0.5) is 0 Å². The molecule has 0 bridgehead atoms. The molecule has 5 rings (SSSR count). The van der Waals surface area contributed by atoms with Crippen LogP contribution in [-0.2, 0) is 4.79 Å². The lowest BCUT2D eigenvalue weighted by atomic mass is 9.53. The highest BCUT2D eigenvalue weighted by Crippen LogP contribution is 2.61. The summed E-state index contributed by atoms with van der Waals surface area (Å²) < 4.78 is 0. The van der Waals surface area contributed by atoms with E-state index < -0.39 is 0 Å². The van der Waals surface area contributed by atoms with Crippen LogP contribution in [-0.4, -0.2) is 10.8 Å². The van der Waals surface area contributed by atoms with Gasteiger partial charge in [-0.3, -0.25) is 4.79 Å². The van der Waals surface area contributed by atoms with Crippen LogP contribution in [0.1, 0.15) is 58.1 Å². The molecule has 2 heteroatoms. The molecule has 1 aromatic heterocycles. The van der Waals surface area contributed by atoms with Gasteiger partial charge >= 0.3 is 0 Å². The Morgan fingerprint density at radius 3 is 2.88 bits per heavy atom. The van der Waals surface area contributed by atoms with Gasteiger partial charge in [0, 0.05) is 29.1 Å². The summed E-state index contributed by atoms with van der Waals surface area (Å²) in [5, 5.41) is 0. The van der Waals surface area contributed by atoms with E-state index in [1.807, 2.05) is 6.20 Å². The highest BCUT2D eigenvalue weighted by molar-refractivity contribution is 5.87. The minimum absolute atomic E-state index is 0.0875. The van der Waals surface area contributed by atoms with Crippen molar-refractivity contribution in [2.24, 2.45) is 22.7 Å². The van der Waals surface area contributed by atoms with Crippen LogP contribution in [0.25, 0.3) is 5.57 Å². The molecule has 0 amide bonds. The van der Waals surface area contributed by atoms with Crippen molar-refractivity contribution in [3.63, 3.8) is 0 Å². The number of nitrogens with one attached hydrogen (secondary N) is 1. The lowest BCUT2D eigenvalue weighted by molar-refractivity contribution is -0.127. The molecule has 0 saturated heterocycles. The third-order valence-corrected chi connectivity index (χ3v) is 7.80. The molecule has 25 heavy (non-hydrogen) atoms. The number of ketones is 1. The van der Waals surface area contributed by atoms with Crippen LogP contribution in [0.5, 0.6) is 0 Å². The number of aromatic nitrogens is 1. The van der Waals surface area contributed by atoms with Crippen LogP contribution in [0, 0.1) is 22.7 Å². The zero-order chi connectivity index (χ0) is 17.2. The zero-order valence-corrected chi connectivity index (χ0v) is 15.3. The van der Waals surface area contributed by atoms with Gasteiger partial charge in [0.05, 0.1) is 0 Å². The van der Waals surface area contributed by atoms with Gasteiger partial charge in [-0.15, -0.1) is 0 Å². The zero-order valence-electron chi connectivity index (χ0n) is 15.3. The summed E-state index contributed by atoms with van der Waals surface area (Å²) in [7, 11) is 0. The van der Waals surface area contributed by atoms with Gasteiger partial charge in [0.15, 0.2) is 0 Å². The molecule has 130 valence electrons. The van der Waals surface area contributed by atoms with Crippen molar-refractivity contribution in [2.45, 2.75) is 52.4 Å². The molecule has 4 aliphatic carbocycles. The first-order valence-electron chi connectivity index (χ1n) is 9.81. The first kappa shape index (κ1) is 15.4. The van der Waals surface area contributed by atoms with Crippen molar-refractivity contribution < 1.29 is 4.79 Å². The van der Waals surface area contributed by atoms with E-state index >= 15 is 0 Å². The van der Waals surface area contributed by atoms with Crippen LogP contribution < -0.4 is 0 Å². The fraction of sp³-hybridized carbons (Fsp3) is 0.522. The van der Waals surface area contributed by atoms with E-state index in [9.17, 15) is 4.79 Å². The van der Waals surface area contributed by atoms with Crippen LogP contribution >= 0.6 is 0 Å². The number of rotatable bonds is 1. The number of fused-ring (bicyclic) bond motifs is 5. The molecule has 1 aromatic rings. The summed E-state index contributed by atoms with van der Waals surface area (Å²) in [6.07, 6.45) is 15.7. The molecule has 1 fully saturated rings. The fourth-order valence-corrected chi connectivity index (χ4v) is 6.16. The Hall–Kier alpha value is -1.83. The summed E-state index contributed by atoms with van der Waals surface area (Å²) in [6.45, 7) is 4.67. The first-order valence-corrected chi connectivity index (χ1v) is 9.81. The van der Waals surface area contributed by atoms with Crippen molar-refractivity contribution in [2.75, 3.05) is 0 Å². The highest BCUT2D eigenvalue weighted by atomic mass is 16.1. The number of Topliss-reactive ketones (excluding diaryl/α,β-unsaturated/α-hetero) is 1. The Labute approximate surface area is 150 Å². The summed E-state index contributed by atoms with van der Waals surface area (Å²) >= 11 is 0. The Kier molecular flexibility index (Phi) is 3.14. The maximum atomic E-state index is 12.5. The molecular formula is C23H27NO. The quantitative estimate of drug-likeness (QED) is 0.680. The van der Waals surface area contributed by atoms with Crippen LogP contribution in [0.2, 0.25) is 0 Å². The molecule has 4 aliphatic rings. The summed E-state index contributed by atoms with van der Waals surface area (Å²) in [5.41, 5.74) is 5.92. The standard InChI is InChI=1S/C23H27NO/c1-22-11-9-15(20-4-3-13-24-20)14-16(22)5-6-17-18-7-8-21(25)23(18,2)12-10-19(17)22/h3-5,10,13-14,17-18,24H,6-9,11-12H2,1-2H3/t17-,18-,22-,23-/m0/s1. The molecule has 0 spiro atoms. The molecule has 0 aliphatic heterocycles. The van der Waals surface area contributed by atoms with Crippen molar-refractivity contribution in [1.82, 2.24) is 4.98 Å². The van der Waals surface area contributed by atoms with Crippen LogP contribution in [0.3, 0.4) is 0 Å². The molecule has 1 saturated carbocycles. The number of hydrogen-bond acceptors (Lipinski definition) is 1. The van der Waals surface area contributed by atoms with Gasteiger partial charge in [-0.05, 0) is 67.2 Å². The van der Waals surface area contributed by atoms with Gasteiger partial charge in [-0.25, -0.2) is 0 Å². The lowest BCUT2D eigenvalue weighted by Crippen LogP contribution is -2.43. The summed E-state index contributed by atoms with van der Waals surface area (Å²) in [6, 6.07) is 4.26. The Bertz CT molecular complexity index is 824. The SMILES string of the molecule is C[C@]12CCC(c3ccc[nH]3)=CC1=CC[C@@H]1C2=CC[C@]2(C)C(=O)CC[C@@H]12. The van der Waals surface area contributed by atoms with E-state index in [2.05, 4.69) is 49.2 Å². The van der Waals surface area contributed by atoms with Gasteiger partial charge in [-0.2, -0.15) is 0 Å². The Morgan fingerprint density at radius 1 is 1.20 bits per heavy atom. The maximum absolute atomic E-state index is 12.5. The topological polar surface area (TPSA) is 32.9 Å². The monoisotopic (exact) mass is 333 g/mol. The third-order valence-electron chi connectivity index (χ3n) is 7.80. The average molecular weight is 333 g/mol. The van der Waals surface area contributed by atoms with Gasteiger partial charge in [0.2, 0.25) is 0 Å². The van der Waals surface area contributed by atoms with Crippen LogP contribution in [0.15, 0.2) is 47.7 Å². The number of aromatic amines is 1. The van der Waals surface area contributed by atoms with Crippen molar-refractivity contribution >= 4 is 11.4 Å². The number of hydrogen-bond donors (Lipinski definition) is 1.